The molecule has 0 radical (unpaired) electrons. The van der Waals surface area contributed by atoms with Gasteiger partial charge in [0, 0.05) is 0 Å². The molecule has 1 rings (SSSR count). The van der Waals surface area contributed by atoms with Crippen molar-refractivity contribution in [3.05, 3.63) is 12.2 Å². The molecule has 0 aromatic carbocycles. The molecular formula is C25H44O3. The zero-order chi connectivity index (χ0) is 20.3. The highest BCUT2D eigenvalue weighted by Gasteiger charge is 2.32. The minimum atomic E-state index is -0.346. The Labute approximate surface area is 173 Å². The molecule has 0 bridgehead atoms. The summed E-state index contributed by atoms with van der Waals surface area (Å²) in [4.78, 5) is 22.4. The topological polar surface area (TPSA) is 43.4 Å². The van der Waals surface area contributed by atoms with E-state index in [1.807, 2.05) is 0 Å². The molecule has 0 N–H and O–H groups in total. The van der Waals surface area contributed by atoms with Crippen LogP contribution >= 0.6 is 0 Å². The number of carbonyl (C=O) groups is 2. The number of allylic oxidation sites excluding steroid dienone is 2. The van der Waals surface area contributed by atoms with Crippen molar-refractivity contribution in [2.75, 3.05) is 0 Å². The second kappa shape index (κ2) is 17.9. The highest BCUT2D eigenvalue weighted by Crippen LogP contribution is 2.22. The summed E-state index contributed by atoms with van der Waals surface area (Å²) in [6.07, 6.45) is 28.3. The van der Waals surface area contributed by atoms with Gasteiger partial charge in [0.05, 0.1) is 12.3 Å². The van der Waals surface area contributed by atoms with Crippen molar-refractivity contribution < 1.29 is 14.3 Å². The average Bonchev–Trinajstić information content (AvgIpc) is 3.00. The molecule has 162 valence electrons. The minimum Gasteiger partial charge on any atom is -0.393 e. The first-order valence-electron chi connectivity index (χ1n) is 12.1. The van der Waals surface area contributed by atoms with E-state index in [2.05, 4.69) is 23.8 Å². The maximum absolute atomic E-state index is 11.4. The van der Waals surface area contributed by atoms with E-state index in [0.29, 0.717) is 6.42 Å². The maximum atomic E-state index is 11.4. The van der Waals surface area contributed by atoms with Gasteiger partial charge in [-0.15, -0.1) is 0 Å². The Hall–Kier alpha value is -1.12. The van der Waals surface area contributed by atoms with Crippen molar-refractivity contribution in [1.82, 2.24) is 0 Å². The molecule has 0 aromatic rings. The first-order valence-corrected chi connectivity index (χ1v) is 12.1. The SMILES string of the molecule is CCCCCCCCCCC/C=C/CCCCCCCCC1CC(=O)OC1=O. The molecule has 1 heterocycles. The van der Waals surface area contributed by atoms with Crippen molar-refractivity contribution >= 4 is 11.9 Å². The van der Waals surface area contributed by atoms with Crippen LogP contribution in [0, 0.1) is 5.92 Å². The summed E-state index contributed by atoms with van der Waals surface area (Å²) in [6, 6.07) is 0. The number of unbranched alkanes of at least 4 members (excludes halogenated alkanes) is 15. The zero-order valence-corrected chi connectivity index (χ0v) is 18.4. The molecule has 0 spiro atoms. The first-order chi connectivity index (χ1) is 13.7. The number of ether oxygens (including phenoxy) is 1. The smallest absolute Gasteiger partial charge is 0.317 e. The van der Waals surface area contributed by atoms with Gasteiger partial charge in [-0.2, -0.15) is 0 Å². The van der Waals surface area contributed by atoms with Gasteiger partial charge in [-0.25, -0.2) is 0 Å². The van der Waals surface area contributed by atoms with E-state index in [9.17, 15) is 9.59 Å². The second-order valence-electron chi connectivity index (χ2n) is 8.48. The van der Waals surface area contributed by atoms with Gasteiger partial charge >= 0.3 is 11.9 Å². The average molecular weight is 393 g/mol. The van der Waals surface area contributed by atoms with Gasteiger partial charge in [-0.05, 0) is 32.1 Å². The Balaban J connectivity index is 1.74. The van der Waals surface area contributed by atoms with Gasteiger partial charge in [0.1, 0.15) is 0 Å². The molecule has 0 aromatic heterocycles. The fourth-order valence-corrected chi connectivity index (χ4v) is 3.91. The normalized spacial score (nSPS) is 17.0. The Morgan fingerprint density at radius 3 is 1.64 bits per heavy atom. The minimum absolute atomic E-state index is 0.163. The summed E-state index contributed by atoms with van der Waals surface area (Å²) in [5.41, 5.74) is 0. The third kappa shape index (κ3) is 14.0. The quantitative estimate of drug-likeness (QED) is 0.0980. The van der Waals surface area contributed by atoms with Gasteiger partial charge in [0.15, 0.2) is 0 Å². The molecule has 1 aliphatic heterocycles. The predicted octanol–water partition coefficient (Wildman–Crippen LogP) is 7.67. The van der Waals surface area contributed by atoms with Gasteiger partial charge in [0.2, 0.25) is 0 Å². The lowest BCUT2D eigenvalue weighted by molar-refractivity contribution is -0.153. The van der Waals surface area contributed by atoms with Crippen molar-refractivity contribution in [3.63, 3.8) is 0 Å². The van der Waals surface area contributed by atoms with E-state index < -0.39 is 0 Å². The van der Waals surface area contributed by atoms with Crippen LogP contribution in [0.25, 0.3) is 0 Å². The molecular weight excluding hydrogens is 348 g/mol. The molecule has 1 aliphatic rings. The first kappa shape index (κ1) is 24.9. The number of carbonyl (C=O) groups excluding carboxylic acids is 2. The fraction of sp³-hybridized carbons (Fsp3) is 0.840. The van der Waals surface area contributed by atoms with Crippen molar-refractivity contribution in [2.45, 2.75) is 129 Å². The summed E-state index contributed by atoms with van der Waals surface area (Å²) in [7, 11) is 0. The molecule has 1 unspecified atom stereocenters. The highest BCUT2D eigenvalue weighted by molar-refractivity contribution is 5.94. The lowest BCUT2D eigenvalue weighted by Crippen LogP contribution is -2.06. The lowest BCUT2D eigenvalue weighted by Gasteiger charge is -2.04. The van der Waals surface area contributed by atoms with E-state index in [4.69, 9.17) is 0 Å². The van der Waals surface area contributed by atoms with Crippen LogP contribution in [-0.2, 0) is 14.3 Å². The highest BCUT2D eigenvalue weighted by atomic mass is 16.6. The van der Waals surface area contributed by atoms with Crippen LogP contribution in [0.2, 0.25) is 0 Å². The molecule has 1 saturated heterocycles. The monoisotopic (exact) mass is 392 g/mol. The zero-order valence-electron chi connectivity index (χ0n) is 18.4. The van der Waals surface area contributed by atoms with Crippen LogP contribution in [0.1, 0.15) is 129 Å². The van der Waals surface area contributed by atoms with Crippen molar-refractivity contribution in [2.24, 2.45) is 5.92 Å². The van der Waals surface area contributed by atoms with E-state index in [1.165, 1.54) is 96.3 Å². The van der Waals surface area contributed by atoms with Gasteiger partial charge in [-0.3, -0.25) is 9.59 Å². The maximum Gasteiger partial charge on any atom is 0.317 e. The van der Waals surface area contributed by atoms with Crippen LogP contribution < -0.4 is 0 Å². The van der Waals surface area contributed by atoms with Crippen molar-refractivity contribution in [1.29, 1.82) is 0 Å². The summed E-state index contributed by atoms with van der Waals surface area (Å²) in [6.45, 7) is 2.28. The Bertz CT molecular complexity index is 428. The summed E-state index contributed by atoms with van der Waals surface area (Å²) < 4.78 is 4.58. The van der Waals surface area contributed by atoms with Crippen LogP contribution in [0.4, 0.5) is 0 Å². The number of rotatable bonds is 19. The molecule has 1 fully saturated rings. The second-order valence-corrected chi connectivity index (χ2v) is 8.48. The summed E-state index contributed by atoms with van der Waals surface area (Å²) in [5.74, 6) is -0.816. The van der Waals surface area contributed by atoms with E-state index in [-0.39, 0.29) is 17.9 Å². The predicted molar refractivity (Wildman–Crippen MR) is 117 cm³/mol. The molecule has 3 nitrogen and oxygen atoms in total. The van der Waals surface area contributed by atoms with E-state index in [0.717, 1.165) is 19.3 Å². The standard InChI is InChI=1S/C25H44O3/c1-2-3-4-5-6-7-8-9-10-11-12-13-14-15-16-17-18-19-20-21-23-22-24(26)28-25(23)27/h12-13,23H,2-11,14-22H2,1H3/b13-12+. The molecule has 0 saturated carbocycles. The number of hydrogen-bond donors (Lipinski definition) is 0. The summed E-state index contributed by atoms with van der Waals surface area (Å²) in [5, 5.41) is 0. The fourth-order valence-electron chi connectivity index (χ4n) is 3.91. The Morgan fingerprint density at radius 1 is 0.714 bits per heavy atom. The number of cyclic esters (lactones) is 2. The van der Waals surface area contributed by atoms with Crippen LogP contribution in [0.15, 0.2) is 12.2 Å². The molecule has 1 atom stereocenters. The molecule has 0 aliphatic carbocycles. The lowest BCUT2D eigenvalue weighted by atomic mass is 9.99. The van der Waals surface area contributed by atoms with E-state index in [1.54, 1.807) is 0 Å². The van der Waals surface area contributed by atoms with Crippen molar-refractivity contribution in [3.8, 4) is 0 Å². The molecule has 3 heteroatoms. The van der Waals surface area contributed by atoms with E-state index >= 15 is 0 Å². The van der Waals surface area contributed by atoms with Crippen LogP contribution in [-0.4, -0.2) is 11.9 Å². The van der Waals surface area contributed by atoms with Gasteiger partial charge < -0.3 is 4.74 Å². The number of esters is 2. The third-order valence-corrected chi connectivity index (χ3v) is 5.78. The Kier molecular flexibility index (Phi) is 16.0. The third-order valence-electron chi connectivity index (χ3n) is 5.78. The summed E-state index contributed by atoms with van der Waals surface area (Å²) >= 11 is 0. The van der Waals surface area contributed by atoms with Gasteiger partial charge in [-0.1, -0.05) is 103 Å². The number of hydrogen-bond acceptors (Lipinski definition) is 3. The van der Waals surface area contributed by atoms with Crippen LogP contribution in [0.5, 0.6) is 0 Å². The van der Waals surface area contributed by atoms with Gasteiger partial charge in [0.25, 0.3) is 0 Å². The molecule has 0 amide bonds. The van der Waals surface area contributed by atoms with Crippen LogP contribution in [0.3, 0.4) is 0 Å². The Morgan fingerprint density at radius 2 is 1.18 bits per heavy atom. The molecule has 28 heavy (non-hydrogen) atoms. The largest absolute Gasteiger partial charge is 0.393 e.